The number of halogens is 1. The van der Waals surface area contributed by atoms with Crippen molar-refractivity contribution in [3.63, 3.8) is 0 Å². The van der Waals surface area contributed by atoms with Crippen LogP contribution in [-0.2, 0) is 28.1 Å². The van der Waals surface area contributed by atoms with Gasteiger partial charge < -0.3 is 24.3 Å². The summed E-state index contributed by atoms with van der Waals surface area (Å²) in [4.78, 5) is 36.1. The van der Waals surface area contributed by atoms with Crippen LogP contribution in [0.5, 0.6) is 11.5 Å². The molecule has 1 aliphatic rings. The van der Waals surface area contributed by atoms with Crippen LogP contribution in [0, 0.1) is 0 Å². The second-order valence-electron chi connectivity index (χ2n) is 10.2. The summed E-state index contributed by atoms with van der Waals surface area (Å²) in [5, 5.41) is 3.41. The van der Waals surface area contributed by atoms with Gasteiger partial charge in [-0.15, -0.1) is 0 Å². The number of imidazole rings is 1. The molecule has 0 saturated carbocycles. The van der Waals surface area contributed by atoms with Crippen LogP contribution in [-0.4, -0.2) is 58.5 Å². The molecule has 0 spiro atoms. The lowest BCUT2D eigenvalue weighted by Gasteiger charge is -2.42. The standard InChI is InChI=1S/C30H32BrN5O5/c1-30(12-11-22(17-37)36(19-30)29(38)41-18-20-7-5-4-6-8-20)28-34-26(31)25-27(32-13-14-35(25)28)33-16-21-9-10-23(39-2)15-24(21)40-3/h4-10,13-15,17,22H,11-12,16,18-19H2,1-3H3,(H,32,33)/t22-,30+/m0/s1. The second-order valence-corrected chi connectivity index (χ2v) is 11.0. The molecule has 1 saturated heterocycles. The number of anilines is 1. The van der Waals surface area contributed by atoms with E-state index in [-0.39, 0.29) is 13.2 Å². The van der Waals surface area contributed by atoms with Crippen molar-refractivity contribution in [3.8, 4) is 11.5 Å². The number of amides is 1. The van der Waals surface area contributed by atoms with Gasteiger partial charge in [0.25, 0.3) is 0 Å². The van der Waals surface area contributed by atoms with E-state index in [1.807, 2.05) is 59.1 Å². The predicted octanol–water partition coefficient (Wildman–Crippen LogP) is 5.38. The summed E-state index contributed by atoms with van der Waals surface area (Å²) >= 11 is 3.64. The first-order valence-corrected chi connectivity index (χ1v) is 14.1. The van der Waals surface area contributed by atoms with Crippen LogP contribution in [0.4, 0.5) is 10.6 Å². The molecule has 10 nitrogen and oxygen atoms in total. The van der Waals surface area contributed by atoms with E-state index in [2.05, 4.69) is 33.2 Å². The van der Waals surface area contributed by atoms with E-state index in [0.29, 0.717) is 41.3 Å². The van der Waals surface area contributed by atoms with E-state index in [4.69, 9.17) is 19.2 Å². The number of nitrogens with one attached hydrogen (secondary N) is 1. The molecule has 214 valence electrons. The normalized spacial score (nSPS) is 18.6. The van der Waals surface area contributed by atoms with Gasteiger partial charge in [0.1, 0.15) is 40.3 Å². The van der Waals surface area contributed by atoms with E-state index >= 15 is 0 Å². The van der Waals surface area contributed by atoms with E-state index in [1.54, 1.807) is 20.4 Å². The maximum absolute atomic E-state index is 13.2. The molecule has 1 aliphatic heterocycles. The molecular formula is C30H32BrN5O5. The van der Waals surface area contributed by atoms with Crippen LogP contribution in [0.2, 0.25) is 0 Å². The van der Waals surface area contributed by atoms with Gasteiger partial charge in [-0.05, 0) is 46.5 Å². The Morgan fingerprint density at radius 3 is 2.73 bits per heavy atom. The summed E-state index contributed by atoms with van der Waals surface area (Å²) in [6, 6.07) is 14.6. The third-order valence-electron chi connectivity index (χ3n) is 7.50. The second kappa shape index (κ2) is 12.2. The molecule has 41 heavy (non-hydrogen) atoms. The molecule has 0 aliphatic carbocycles. The number of piperidine rings is 1. The number of rotatable bonds is 9. The highest BCUT2D eigenvalue weighted by atomic mass is 79.9. The number of carbonyl (C=O) groups excluding carboxylic acids is 2. The van der Waals surface area contributed by atoms with Crippen LogP contribution in [0.3, 0.4) is 0 Å². The van der Waals surface area contributed by atoms with E-state index in [9.17, 15) is 9.59 Å². The molecule has 2 atom stereocenters. The van der Waals surface area contributed by atoms with Crippen LogP contribution < -0.4 is 14.8 Å². The Morgan fingerprint density at radius 2 is 2.00 bits per heavy atom. The number of methoxy groups -OCH3 is 2. The fraction of sp³-hybridized carbons (Fsp3) is 0.333. The molecule has 1 N–H and O–H groups in total. The van der Waals surface area contributed by atoms with Gasteiger partial charge in [-0.25, -0.2) is 14.8 Å². The van der Waals surface area contributed by atoms with Crippen molar-refractivity contribution in [2.75, 3.05) is 26.1 Å². The maximum Gasteiger partial charge on any atom is 0.410 e. The Bertz CT molecular complexity index is 1550. The number of carbonyl (C=O) groups is 2. The molecule has 0 unspecified atom stereocenters. The lowest BCUT2D eigenvalue weighted by atomic mass is 9.79. The van der Waals surface area contributed by atoms with Crippen LogP contribution in [0.15, 0.2) is 65.5 Å². The number of aromatic nitrogens is 3. The number of hydrogen-bond donors (Lipinski definition) is 1. The maximum atomic E-state index is 13.2. The molecule has 3 heterocycles. The molecule has 1 fully saturated rings. The largest absolute Gasteiger partial charge is 0.497 e. The first-order valence-electron chi connectivity index (χ1n) is 13.3. The zero-order valence-corrected chi connectivity index (χ0v) is 24.8. The summed E-state index contributed by atoms with van der Waals surface area (Å²) in [5.41, 5.74) is 2.05. The molecule has 2 aromatic heterocycles. The number of likely N-dealkylation sites (tertiary alicyclic amines) is 1. The molecule has 0 radical (unpaired) electrons. The summed E-state index contributed by atoms with van der Waals surface area (Å²) in [7, 11) is 3.24. The first-order chi connectivity index (χ1) is 19.9. The minimum absolute atomic E-state index is 0.135. The predicted molar refractivity (Wildman–Crippen MR) is 157 cm³/mol. The van der Waals surface area contributed by atoms with Crippen molar-refractivity contribution < 1.29 is 23.8 Å². The van der Waals surface area contributed by atoms with Gasteiger partial charge in [0.15, 0.2) is 5.82 Å². The summed E-state index contributed by atoms with van der Waals surface area (Å²) in [5.74, 6) is 2.82. The quantitative estimate of drug-likeness (QED) is 0.248. The highest BCUT2D eigenvalue weighted by Gasteiger charge is 2.43. The Hall–Kier alpha value is -4.12. The number of aldehydes is 1. The molecule has 1 amide bonds. The number of hydrogen-bond acceptors (Lipinski definition) is 8. The fourth-order valence-corrected chi connectivity index (χ4v) is 5.80. The molecule has 11 heteroatoms. The number of fused-ring (bicyclic) bond motifs is 1. The summed E-state index contributed by atoms with van der Waals surface area (Å²) in [6.07, 6.45) is 5.04. The number of nitrogens with zero attached hydrogens (tertiary/aromatic N) is 4. The fourth-order valence-electron chi connectivity index (χ4n) is 5.25. The topological polar surface area (TPSA) is 107 Å². The summed E-state index contributed by atoms with van der Waals surface area (Å²) in [6.45, 7) is 2.94. The lowest BCUT2D eigenvalue weighted by Crippen LogP contribution is -2.53. The van der Waals surface area contributed by atoms with Crippen LogP contribution in [0.25, 0.3) is 5.52 Å². The minimum Gasteiger partial charge on any atom is -0.497 e. The molecule has 2 aromatic carbocycles. The number of benzene rings is 2. The third-order valence-corrected chi connectivity index (χ3v) is 8.05. The average Bonchev–Trinajstić information content (AvgIpc) is 3.37. The van der Waals surface area contributed by atoms with Crippen molar-refractivity contribution >= 4 is 39.6 Å². The van der Waals surface area contributed by atoms with Crippen molar-refractivity contribution in [2.24, 2.45) is 0 Å². The molecule has 4 aromatic rings. The molecular weight excluding hydrogens is 590 g/mol. The highest BCUT2D eigenvalue weighted by Crippen LogP contribution is 2.38. The van der Waals surface area contributed by atoms with Crippen molar-refractivity contribution in [3.05, 3.63) is 82.5 Å². The first kappa shape index (κ1) is 28.4. The van der Waals surface area contributed by atoms with Gasteiger partial charge in [-0.3, -0.25) is 9.30 Å². The monoisotopic (exact) mass is 621 g/mol. The van der Waals surface area contributed by atoms with E-state index in [0.717, 1.165) is 28.8 Å². The van der Waals surface area contributed by atoms with Gasteiger partial charge in [0, 0.05) is 42.5 Å². The zero-order valence-electron chi connectivity index (χ0n) is 23.2. The Morgan fingerprint density at radius 1 is 1.20 bits per heavy atom. The minimum atomic E-state index is -0.556. The number of ether oxygens (including phenoxy) is 3. The molecule has 0 bridgehead atoms. The molecule has 5 rings (SSSR count). The van der Waals surface area contributed by atoms with Gasteiger partial charge in [-0.2, -0.15) is 0 Å². The van der Waals surface area contributed by atoms with Crippen LogP contribution >= 0.6 is 15.9 Å². The Labute approximate surface area is 246 Å². The SMILES string of the molecule is COc1ccc(CNc2nccn3c([C@]4(C)CC[C@@H](C=O)N(C(=O)OCc5ccccc5)C4)nc(Br)c23)c(OC)c1. The van der Waals surface area contributed by atoms with E-state index in [1.165, 1.54) is 4.90 Å². The highest BCUT2D eigenvalue weighted by molar-refractivity contribution is 9.10. The zero-order chi connectivity index (χ0) is 29.0. The smallest absolute Gasteiger partial charge is 0.410 e. The van der Waals surface area contributed by atoms with Gasteiger partial charge in [-0.1, -0.05) is 37.3 Å². The van der Waals surface area contributed by atoms with Crippen molar-refractivity contribution in [1.82, 2.24) is 19.3 Å². The lowest BCUT2D eigenvalue weighted by molar-refractivity contribution is -0.113. The van der Waals surface area contributed by atoms with Gasteiger partial charge >= 0.3 is 6.09 Å². The van der Waals surface area contributed by atoms with Crippen molar-refractivity contribution in [1.29, 1.82) is 0 Å². The average molecular weight is 623 g/mol. The third kappa shape index (κ3) is 5.85. The Kier molecular flexibility index (Phi) is 8.44. The Balaban J connectivity index is 1.39. The van der Waals surface area contributed by atoms with Crippen molar-refractivity contribution in [2.45, 2.75) is 44.4 Å². The summed E-state index contributed by atoms with van der Waals surface area (Å²) < 4.78 is 19.1. The van der Waals surface area contributed by atoms with Gasteiger partial charge in [0.05, 0.1) is 20.3 Å². The van der Waals surface area contributed by atoms with Crippen LogP contribution in [0.1, 0.15) is 36.7 Å². The van der Waals surface area contributed by atoms with Gasteiger partial charge in [0.2, 0.25) is 0 Å². The van der Waals surface area contributed by atoms with E-state index < -0.39 is 17.6 Å².